The van der Waals surface area contributed by atoms with E-state index in [9.17, 15) is 0 Å². The number of aromatic nitrogens is 1. The minimum absolute atomic E-state index is 0.357. The van der Waals surface area contributed by atoms with Gasteiger partial charge in [-0.3, -0.25) is 4.98 Å². The van der Waals surface area contributed by atoms with E-state index in [1.165, 1.54) is 6.20 Å². The third-order valence-corrected chi connectivity index (χ3v) is 1.80. The Kier molecular flexibility index (Phi) is 2.70. The molecule has 0 bridgehead atoms. The van der Waals surface area contributed by atoms with E-state index in [4.69, 9.17) is 15.8 Å². The average molecular weight is 180 g/mol. The summed E-state index contributed by atoms with van der Waals surface area (Å²) >= 11 is 0. The first-order valence-electron chi connectivity index (χ1n) is 4.01. The maximum atomic E-state index is 8.89. The van der Waals surface area contributed by atoms with Crippen molar-refractivity contribution < 1.29 is 10.0 Å². The van der Waals surface area contributed by atoms with E-state index in [2.05, 4.69) is 4.98 Å². The van der Waals surface area contributed by atoms with Gasteiger partial charge in [0.05, 0.1) is 0 Å². The molecular weight excluding hydrogens is 167 g/mol. The molecular formula is C8H13BN2O2. The highest BCUT2D eigenvalue weighted by Crippen LogP contribution is 2.13. The summed E-state index contributed by atoms with van der Waals surface area (Å²) in [5.74, 6) is 0. The monoisotopic (exact) mass is 180 g/mol. The summed E-state index contributed by atoms with van der Waals surface area (Å²) in [6.45, 7) is 3.66. The van der Waals surface area contributed by atoms with Gasteiger partial charge in [0.15, 0.2) is 0 Å². The van der Waals surface area contributed by atoms with Crippen molar-refractivity contribution in [2.24, 2.45) is 5.73 Å². The molecule has 1 aromatic rings. The van der Waals surface area contributed by atoms with E-state index in [0.717, 1.165) is 5.56 Å². The summed E-state index contributed by atoms with van der Waals surface area (Å²) in [6, 6.07) is 1.64. The van der Waals surface area contributed by atoms with Gasteiger partial charge in [-0.15, -0.1) is 0 Å². The molecule has 0 aromatic carbocycles. The highest BCUT2D eigenvalue weighted by atomic mass is 16.4. The lowest BCUT2D eigenvalue weighted by Crippen LogP contribution is -2.34. The first-order valence-corrected chi connectivity index (χ1v) is 4.01. The van der Waals surface area contributed by atoms with E-state index in [1.54, 1.807) is 12.3 Å². The quantitative estimate of drug-likeness (QED) is 0.507. The molecule has 13 heavy (non-hydrogen) atoms. The molecule has 70 valence electrons. The summed E-state index contributed by atoms with van der Waals surface area (Å²) in [7, 11) is -1.49. The smallest absolute Gasteiger partial charge is 0.423 e. The molecule has 0 unspecified atom stereocenters. The molecule has 5 heteroatoms. The van der Waals surface area contributed by atoms with Crippen molar-refractivity contribution >= 4 is 12.6 Å². The minimum atomic E-state index is -1.49. The van der Waals surface area contributed by atoms with Crippen LogP contribution in [0.25, 0.3) is 0 Å². The Morgan fingerprint density at radius 1 is 1.38 bits per heavy atom. The van der Waals surface area contributed by atoms with Gasteiger partial charge < -0.3 is 15.8 Å². The van der Waals surface area contributed by atoms with Gasteiger partial charge in [-0.1, -0.05) is 6.07 Å². The zero-order chi connectivity index (χ0) is 10.1. The predicted octanol–water partition coefficient (Wildman–Crippen LogP) is -1.04. The molecule has 0 amide bonds. The average Bonchev–Trinajstić information content (AvgIpc) is 2.03. The second kappa shape index (κ2) is 3.45. The second-order valence-electron chi connectivity index (χ2n) is 3.60. The summed E-state index contributed by atoms with van der Waals surface area (Å²) in [6.07, 6.45) is 3.02. The predicted molar refractivity (Wildman–Crippen MR) is 51.3 cm³/mol. The summed E-state index contributed by atoms with van der Waals surface area (Å²) < 4.78 is 0. The van der Waals surface area contributed by atoms with Crippen LogP contribution < -0.4 is 11.2 Å². The largest absolute Gasteiger partial charge is 0.490 e. The maximum Gasteiger partial charge on any atom is 0.490 e. The normalized spacial score (nSPS) is 11.5. The van der Waals surface area contributed by atoms with Gasteiger partial charge in [-0.05, 0) is 19.4 Å². The molecule has 0 aliphatic carbocycles. The molecule has 0 saturated carbocycles. The molecule has 4 N–H and O–H groups in total. The van der Waals surface area contributed by atoms with Gasteiger partial charge >= 0.3 is 7.12 Å². The molecule has 0 aliphatic heterocycles. The molecule has 1 heterocycles. The Hall–Kier alpha value is -0.905. The summed E-state index contributed by atoms with van der Waals surface area (Å²) in [5.41, 5.74) is 6.44. The Morgan fingerprint density at radius 3 is 2.46 bits per heavy atom. The second-order valence-corrected chi connectivity index (χ2v) is 3.60. The van der Waals surface area contributed by atoms with E-state index < -0.39 is 12.7 Å². The lowest BCUT2D eigenvalue weighted by Gasteiger charge is -2.19. The van der Waals surface area contributed by atoms with Crippen molar-refractivity contribution in [2.75, 3.05) is 0 Å². The lowest BCUT2D eigenvalue weighted by atomic mass is 9.79. The van der Waals surface area contributed by atoms with Gasteiger partial charge in [0.25, 0.3) is 0 Å². The van der Waals surface area contributed by atoms with Gasteiger partial charge in [0.1, 0.15) is 0 Å². The van der Waals surface area contributed by atoms with E-state index in [1.807, 2.05) is 13.8 Å². The van der Waals surface area contributed by atoms with Crippen molar-refractivity contribution in [3.05, 3.63) is 24.0 Å². The first-order chi connectivity index (χ1) is 5.91. The number of hydrogen-bond acceptors (Lipinski definition) is 4. The Balaban J connectivity index is 3.06. The number of hydrogen-bond donors (Lipinski definition) is 3. The maximum absolute atomic E-state index is 8.89. The van der Waals surface area contributed by atoms with E-state index >= 15 is 0 Å². The number of nitrogens with two attached hydrogens (primary N) is 1. The zero-order valence-electron chi connectivity index (χ0n) is 7.73. The van der Waals surface area contributed by atoms with Gasteiger partial charge in [-0.25, -0.2) is 0 Å². The van der Waals surface area contributed by atoms with Crippen LogP contribution >= 0.6 is 0 Å². The van der Waals surface area contributed by atoms with Crippen LogP contribution in [0.2, 0.25) is 0 Å². The molecule has 1 aromatic heterocycles. The molecule has 0 fully saturated rings. The standard InChI is InChI=1S/C8H13BN2O2/c1-8(2,10)6-3-7(9(12)13)5-11-4-6/h3-5,12-13H,10H2,1-2H3. The molecule has 0 saturated heterocycles. The van der Waals surface area contributed by atoms with Gasteiger partial charge in [-0.2, -0.15) is 0 Å². The Labute approximate surface area is 77.6 Å². The van der Waals surface area contributed by atoms with Crippen molar-refractivity contribution in [1.82, 2.24) is 4.98 Å². The molecule has 0 atom stereocenters. The van der Waals surface area contributed by atoms with Crippen LogP contribution in [0.3, 0.4) is 0 Å². The third kappa shape index (κ3) is 2.52. The van der Waals surface area contributed by atoms with Crippen LogP contribution in [0.1, 0.15) is 19.4 Å². The topological polar surface area (TPSA) is 79.4 Å². The number of pyridine rings is 1. The Bertz CT molecular complexity index is 296. The Morgan fingerprint density at radius 2 is 2.00 bits per heavy atom. The van der Waals surface area contributed by atoms with Crippen molar-refractivity contribution in [1.29, 1.82) is 0 Å². The highest BCUT2D eigenvalue weighted by molar-refractivity contribution is 6.58. The van der Waals surface area contributed by atoms with Crippen LogP contribution in [-0.2, 0) is 5.54 Å². The van der Waals surface area contributed by atoms with Crippen LogP contribution in [0.5, 0.6) is 0 Å². The van der Waals surface area contributed by atoms with E-state index in [-0.39, 0.29) is 0 Å². The van der Waals surface area contributed by atoms with Crippen LogP contribution in [0.15, 0.2) is 18.5 Å². The van der Waals surface area contributed by atoms with Gasteiger partial charge in [0.2, 0.25) is 0 Å². The van der Waals surface area contributed by atoms with Crippen LogP contribution in [0.4, 0.5) is 0 Å². The number of rotatable bonds is 2. The molecule has 1 rings (SSSR count). The van der Waals surface area contributed by atoms with Crippen molar-refractivity contribution in [3.63, 3.8) is 0 Å². The van der Waals surface area contributed by atoms with Crippen LogP contribution in [0, 0.1) is 0 Å². The van der Waals surface area contributed by atoms with Gasteiger partial charge in [0, 0.05) is 23.4 Å². The highest BCUT2D eigenvalue weighted by Gasteiger charge is 2.18. The van der Waals surface area contributed by atoms with Crippen molar-refractivity contribution in [2.45, 2.75) is 19.4 Å². The van der Waals surface area contributed by atoms with E-state index in [0.29, 0.717) is 5.46 Å². The third-order valence-electron chi connectivity index (χ3n) is 1.80. The SMILES string of the molecule is CC(C)(N)c1cncc(B(O)O)c1. The fourth-order valence-electron chi connectivity index (χ4n) is 0.951. The lowest BCUT2D eigenvalue weighted by molar-refractivity contribution is 0.425. The zero-order valence-corrected chi connectivity index (χ0v) is 7.73. The van der Waals surface area contributed by atoms with Crippen LogP contribution in [-0.4, -0.2) is 22.2 Å². The first kappa shape index (κ1) is 10.2. The molecule has 4 nitrogen and oxygen atoms in total. The van der Waals surface area contributed by atoms with Crippen molar-refractivity contribution in [3.8, 4) is 0 Å². The fraction of sp³-hybridized carbons (Fsp3) is 0.375. The molecule has 0 radical (unpaired) electrons. The minimum Gasteiger partial charge on any atom is -0.423 e. The molecule has 0 spiro atoms. The number of nitrogens with zero attached hydrogens (tertiary/aromatic N) is 1. The fourth-order valence-corrected chi connectivity index (χ4v) is 0.951. The summed E-state index contributed by atoms with van der Waals surface area (Å²) in [5, 5.41) is 17.8. The molecule has 0 aliphatic rings. The summed E-state index contributed by atoms with van der Waals surface area (Å²) in [4.78, 5) is 3.87.